The summed E-state index contributed by atoms with van der Waals surface area (Å²) in [5.74, 6) is -0.361. The number of nitrogens with zero attached hydrogens (tertiary/aromatic N) is 1. The Morgan fingerprint density at radius 2 is 2.09 bits per heavy atom. The fourth-order valence-electron chi connectivity index (χ4n) is 2.46. The van der Waals surface area contributed by atoms with Gasteiger partial charge in [0.05, 0.1) is 24.8 Å². The molecule has 1 fully saturated rings. The van der Waals surface area contributed by atoms with Gasteiger partial charge in [0.1, 0.15) is 0 Å². The third-order valence-electron chi connectivity index (χ3n) is 3.66. The molecular weight excluding hydrogens is 284 g/mol. The van der Waals surface area contributed by atoms with Crippen molar-refractivity contribution in [2.75, 3.05) is 25.1 Å². The minimum atomic E-state index is -0.361. The predicted molar refractivity (Wildman–Crippen MR) is 82.8 cm³/mol. The number of amides is 2. The quantitative estimate of drug-likeness (QED) is 0.818. The molecule has 1 saturated heterocycles. The fraction of sp³-hybridized carbons (Fsp3) is 0.500. The Morgan fingerprint density at radius 3 is 2.73 bits per heavy atom. The normalized spacial score (nSPS) is 17.4. The Bertz CT molecular complexity index is 515. The van der Waals surface area contributed by atoms with E-state index in [1.54, 1.807) is 29.2 Å². The van der Waals surface area contributed by atoms with Crippen molar-refractivity contribution in [2.45, 2.75) is 32.2 Å². The van der Waals surface area contributed by atoms with E-state index in [9.17, 15) is 14.7 Å². The van der Waals surface area contributed by atoms with Crippen LogP contribution >= 0.6 is 0 Å². The van der Waals surface area contributed by atoms with Crippen molar-refractivity contribution in [1.82, 2.24) is 4.90 Å². The Labute approximate surface area is 130 Å². The molecular formula is C16H22N2O4. The molecule has 22 heavy (non-hydrogen) atoms. The second-order valence-corrected chi connectivity index (χ2v) is 5.32. The molecule has 2 rings (SSSR count). The molecule has 0 aromatic heterocycles. The zero-order valence-electron chi connectivity index (χ0n) is 12.7. The first-order chi connectivity index (χ1) is 10.7. The van der Waals surface area contributed by atoms with Crippen LogP contribution in [-0.2, 0) is 4.74 Å². The van der Waals surface area contributed by atoms with Crippen LogP contribution in [0.15, 0.2) is 24.3 Å². The molecule has 0 radical (unpaired) electrons. The molecule has 120 valence electrons. The number of hydrogen-bond donors (Lipinski definition) is 2. The van der Waals surface area contributed by atoms with Crippen LogP contribution in [0.3, 0.4) is 0 Å². The van der Waals surface area contributed by atoms with Crippen LogP contribution in [0.4, 0.5) is 10.5 Å². The van der Waals surface area contributed by atoms with Gasteiger partial charge in [-0.3, -0.25) is 0 Å². The third-order valence-corrected chi connectivity index (χ3v) is 3.66. The maximum Gasteiger partial charge on any atom is 0.338 e. The van der Waals surface area contributed by atoms with Crippen molar-refractivity contribution in [3.05, 3.63) is 29.8 Å². The minimum Gasteiger partial charge on any atom is -0.462 e. The third kappa shape index (κ3) is 3.98. The van der Waals surface area contributed by atoms with E-state index in [0.717, 1.165) is 19.3 Å². The van der Waals surface area contributed by atoms with Gasteiger partial charge in [0.25, 0.3) is 0 Å². The van der Waals surface area contributed by atoms with Crippen molar-refractivity contribution < 1.29 is 19.4 Å². The molecule has 0 unspecified atom stereocenters. The van der Waals surface area contributed by atoms with E-state index in [2.05, 4.69) is 5.32 Å². The summed E-state index contributed by atoms with van der Waals surface area (Å²) in [6.45, 7) is 2.97. The van der Waals surface area contributed by atoms with Gasteiger partial charge in [0.2, 0.25) is 0 Å². The molecule has 0 saturated carbocycles. The first kappa shape index (κ1) is 16.3. The second kappa shape index (κ2) is 7.79. The summed E-state index contributed by atoms with van der Waals surface area (Å²) in [4.78, 5) is 25.5. The number of carbonyl (C=O) groups is 2. The van der Waals surface area contributed by atoms with E-state index in [0.29, 0.717) is 24.4 Å². The topological polar surface area (TPSA) is 78.9 Å². The summed E-state index contributed by atoms with van der Waals surface area (Å²) in [6, 6.07) is 6.26. The van der Waals surface area contributed by atoms with E-state index in [-0.39, 0.29) is 24.6 Å². The average Bonchev–Trinajstić information content (AvgIpc) is 3.02. The molecule has 1 aliphatic rings. The summed E-state index contributed by atoms with van der Waals surface area (Å²) >= 11 is 0. The Balaban J connectivity index is 1.93. The number of hydrogen-bond acceptors (Lipinski definition) is 4. The number of nitrogens with one attached hydrogen (secondary N) is 1. The molecule has 2 amide bonds. The van der Waals surface area contributed by atoms with Crippen molar-refractivity contribution >= 4 is 17.7 Å². The number of likely N-dealkylation sites (tertiary alicyclic amines) is 1. The summed E-state index contributed by atoms with van der Waals surface area (Å²) in [5.41, 5.74) is 1.07. The summed E-state index contributed by atoms with van der Waals surface area (Å²) in [7, 11) is 0. The Morgan fingerprint density at radius 1 is 1.36 bits per heavy atom. The van der Waals surface area contributed by atoms with Gasteiger partial charge >= 0.3 is 12.0 Å². The van der Waals surface area contributed by atoms with Crippen molar-refractivity contribution in [3.63, 3.8) is 0 Å². The monoisotopic (exact) mass is 306 g/mol. The SMILES string of the molecule is CCCOC(=O)c1ccc(NC(=O)N2CCC[C@@H]2CO)cc1. The lowest BCUT2D eigenvalue weighted by molar-refractivity contribution is 0.0505. The predicted octanol–water partition coefficient (Wildman–Crippen LogP) is 2.24. The van der Waals surface area contributed by atoms with Crippen molar-refractivity contribution in [2.24, 2.45) is 0 Å². The highest BCUT2D eigenvalue weighted by atomic mass is 16.5. The van der Waals surface area contributed by atoms with Gasteiger partial charge in [-0.2, -0.15) is 0 Å². The van der Waals surface area contributed by atoms with Crippen LogP contribution in [0.25, 0.3) is 0 Å². The van der Waals surface area contributed by atoms with Gasteiger partial charge in [0, 0.05) is 12.2 Å². The van der Waals surface area contributed by atoms with Gasteiger partial charge in [-0.25, -0.2) is 9.59 Å². The van der Waals surface area contributed by atoms with Crippen LogP contribution < -0.4 is 5.32 Å². The van der Waals surface area contributed by atoms with E-state index < -0.39 is 0 Å². The maximum atomic E-state index is 12.2. The number of esters is 1. The number of aliphatic hydroxyl groups is 1. The lowest BCUT2D eigenvalue weighted by Gasteiger charge is -2.23. The highest BCUT2D eigenvalue weighted by Gasteiger charge is 2.27. The van der Waals surface area contributed by atoms with E-state index in [1.807, 2.05) is 6.92 Å². The second-order valence-electron chi connectivity index (χ2n) is 5.32. The largest absolute Gasteiger partial charge is 0.462 e. The van der Waals surface area contributed by atoms with E-state index in [4.69, 9.17) is 4.74 Å². The lowest BCUT2D eigenvalue weighted by Crippen LogP contribution is -2.40. The van der Waals surface area contributed by atoms with Crippen molar-refractivity contribution in [1.29, 1.82) is 0 Å². The van der Waals surface area contributed by atoms with Crippen LogP contribution in [0.2, 0.25) is 0 Å². The number of aliphatic hydroxyl groups excluding tert-OH is 1. The van der Waals surface area contributed by atoms with E-state index >= 15 is 0 Å². The zero-order valence-corrected chi connectivity index (χ0v) is 12.7. The smallest absolute Gasteiger partial charge is 0.338 e. The molecule has 1 aliphatic heterocycles. The van der Waals surface area contributed by atoms with Gasteiger partial charge < -0.3 is 20.1 Å². The standard InChI is InChI=1S/C16H22N2O4/c1-2-10-22-15(20)12-5-7-13(8-6-12)17-16(21)18-9-3-4-14(18)11-19/h5-8,14,19H,2-4,9-11H2,1H3,(H,17,21)/t14-/m1/s1. The number of carbonyl (C=O) groups excluding carboxylic acids is 2. The Hall–Kier alpha value is -2.08. The summed E-state index contributed by atoms with van der Waals surface area (Å²) in [5, 5.41) is 12.0. The maximum absolute atomic E-state index is 12.2. The molecule has 0 spiro atoms. The van der Waals surface area contributed by atoms with Crippen LogP contribution in [0, 0.1) is 0 Å². The molecule has 1 aromatic carbocycles. The molecule has 2 N–H and O–H groups in total. The first-order valence-corrected chi connectivity index (χ1v) is 7.61. The molecule has 1 heterocycles. The van der Waals surface area contributed by atoms with Crippen molar-refractivity contribution in [3.8, 4) is 0 Å². The molecule has 6 heteroatoms. The highest BCUT2D eigenvalue weighted by Crippen LogP contribution is 2.19. The number of ether oxygens (including phenoxy) is 1. The highest BCUT2D eigenvalue weighted by molar-refractivity contribution is 5.92. The number of benzene rings is 1. The Kier molecular flexibility index (Phi) is 5.77. The first-order valence-electron chi connectivity index (χ1n) is 7.61. The van der Waals surface area contributed by atoms with Gasteiger partial charge in [-0.1, -0.05) is 6.92 Å². The van der Waals surface area contributed by atoms with Crippen LogP contribution in [0.1, 0.15) is 36.5 Å². The molecule has 1 atom stereocenters. The summed E-state index contributed by atoms with van der Waals surface area (Å²) < 4.78 is 5.05. The van der Waals surface area contributed by atoms with E-state index in [1.165, 1.54) is 0 Å². The summed E-state index contributed by atoms with van der Waals surface area (Å²) in [6.07, 6.45) is 2.51. The fourth-order valence-corrected chi connectivity index (χ4v) is 2.46. The number of urea groups is 1. The van der Waals surface area contributed by atoms with Crippen LogP contribution in [0.5, 0.6) is 0 Å². The minimum absolute atomic E-state index is 0.0182. The van der Waals surface area contributed by atoms with Gasteiger partial charge in [0.15, 0.2) is 0 Å². The molecule has 6 nitrogen and oxygen atoms in total. The lowest BCUT2D eigenvalue weighted by atomic mass is 10.2. The molecule has 0 bridgehead atoms. The zero-order chi connectivity index (χ0) is 15.9. The number of rotatable bonds is 5. The average molecular weight is 306 g/mol. The van der Waals surface area contributed by atoms with Gasteiger partial charge in [-0.05, 0) is 43.5 Å². The molecule has 1 aromatic rings. The van der Waals surface area contributed by atoms with Gasteiger partial charge in [-0.15, -0.1) is 0 Å². The van der Waals surface area contributed by atoms with Crippen LogP contribution in [-0.4, -0.2) is 47.8 Å². The molecule has 0 aliphatic carbocycles. The number of anilines is 1.